The Morgan fingerprint density at radius 1 is 0.889 bits per heavy atom. The molecule has 1 aliphatic carbocycles. The molecule has 0 aromatic rings. The van der Waals surface area contributed by atoms with Gasteiger partial charge in [-0.2, -0.15) is 0 Å². The second kappa shape index (κ2) is 3.94. The molecule has 0 aromatic heterocycles. The molecule has 0 N–H and O–H groups in total. The van der Waals surface area contributed by atoms with Crippen LogP contribution in [0.25, 0.3) is 0 Å². The Morgan fingerprint density at radius 2 is 1.44 bits per heavy atom. The molecule has 0 atom stereocenters. The number of allylic oxidation sites excluding steroid dienone is 5. The number of hydrogen-bond donors (Lipinski definition) is 0. The van der Waals surface area contributed by atoms with Crippen LogP contribution in [0.3, 0.4) is 0 Å². The van der Waals surface area contributed by atoms with E-state index >= 15 is 0 Å². The Hall–Kier alpha value is -1.00. The molecule has 0 radical (unpaired) electrons. The van der Waals surface area contributed by atoms with Gasteiger partial charge < -0.3 is 0 Å². The first kappa shape index (κ1) is 6.12. The molecular formula is C9H10. The van der Waals surface area contributed by atoms with Crippen molar-refractivity contribution in [3.8, 4) is 0 Å². The Bertz CT molecular complexity index is 158. The normalized spacial score (nSPS) is 16.9. The summed E-state index contributed by atoms with van der Waals surface area (Å²) in [4.78, 5) is 0. The molecule has 0 aliphatic heterocycles. The van der Waals surface area contributed by atoms with Crippen LogP contribution < -0.4 is 0 Å². The highest BCUT2D eigenvalue weighted by atomic mass is 13.8. The van der Waals surface area contributed by atoms with E-state index in [0.717, 1.165) is 12.8 Å². The van der Waals surface area contributed by atoms with E-state index in [1.54, 1.807) is 0 Å². The topological polar surface area (TPSA) is 0 Å². The molecule has 1 aliphatic rings. The van der Waals surface area contributed by atoms with Gasteiger partial charge in [-0.05, 0) is 25.0 Å². The van der Waals surface area contributed by atoms with Gasteiger partial charge >= 0.3 is 0 Å². The van der Waals surface area contributed by atoms with Crippen LogP contribution in [0.15, 0.2) is 42.2 Å². The fraction of sp³-hybridized carbons (Fsp3) is 0.222. The molecule has 0 amide bonds. The molecule has 46 valence electrons. The predicted octanol–water partition coefficient (Wildman–Crippen LogP) is 2.60. The molecule has 0 unspecified atom stereocenters. The van der Waals surface area contributed by atoms with Crippen LogP contribution in [0, 0.1) is 0 Å². The van der Waals surface area contributed by atoms with Crippen LogP contribution >= 0.6 is 0 Å². The van der Waals surface area contributed by atoms with E-state index in [1.165, 1.54) is 0 Å². The lowest BCUT2D eigenvalue weighted by atomic mass is 10.3. The first-order valence-electron chi connectivity index (χ1n) is 3.21. The molecule has 1 rings (SSSR count). The highest BCUT2D eigenvalue weighted by Gasteiger charge is 1.71. The molecule has 0 nitrogen and oxygen atoms in total. The maximum atomic E-state index is 3.07. The van der Waals surface area contributed by atoms with Gasteiger partial charge in [0.05, 0.1) is 0 Å². The van der Waals surface area contributed by atoms with Crippen LogP contribution in [-0.4, -0.2) is 0 Å². The van der Waals surface area contributed by atoms with Gasteiger partial charge in [-0.15, -0.1) is 5.73 Å². The summed E-state index contributed by atoms with van der Waals surface area (Å²) in [6.07, 6.45) is 14.4. The SMILES string of the molecule is C1=CCC=CC=CCC=1. The van der Waals surface area contributed by atoms with Gasteiger partial charge in [0, 0.05) is 0 Å². The third-order valence-electron chi connectivity index (χ3n) is 1.13. The minimum absolute atomic E-state index is 1.00. The van der Waals surface area contributed by atoms with Gasteiger partial charge in [0.15, 0.2) is 0 Å². The maximum absolute atomic E-state index is 3.07. The van der Waals surface area contributed by atoms with Crippen LogP contribution in [0.4, 0.5) is 0 Å². The molecule has 0 aromatic carbocycles. The van der Waals surface area contributed by atoms with Crippen molar-refractivity contribution in [3.63, 3.8) is 0 Å². The second-order valence-electron chi connectivity index (χ2n) is 1.90. The molecule has 0 heterocycles. The molecular weight excluding hydrogens is 108 g/mol. The van der Waals surface area contributed by atoms with Crippen molar-refractivity contribution in [2.24, 2.45) is 0 Å². The monoisotopic (exact) mass is 118 g/mol. The fourth-order valence-electron chi connectivity index (χ4n) is 0.670. The van der Waals surface area contributed by atoms with Gasteiger partial charge in [0.25, 0.3) is 0 Å². The third kappa shape index (κ3) is 2.73. The van der Waals surface area contributed by atoms with Crippen molar-refractivity contribution >= 4 is 0 Å². The summed E-state index contributed by atoms with van der Waals surface area (Å²) in [6, 6.07) is 0. The quantitative estimate of drug-likeness (QED) is 0.429. The highest BCUT2D eigenvalue weighted by Crippen LogP contribution is 1.91. The Morgan fingerprint density at radius 3 is 2.00 bits per heavy atom. The first-order chi connectivity index (χ1) is 4.50. The zero-order chi connectivity index (χ0) is 6.36. The summed E-state index contributed by atoms with van der Waals surface area (Å²) in [6.45, 7) is 0. The van der Waals surface area contributed by atoms with Crippen molar-refractivity contribution in [1.82, 2.24) is 0 Å². The zero-order valence-electron chi connectivity index (χ0n) is 5.38. The van der Waals surface area contributed by atoms with E-state index in [9.17, 15) is 0 Å². The second-order valence-corrected chi connectivity index (χ2v) is 1.90. The summed E-state index contributed by atoms with van der Waals surface area (Å²) in [5.41, 5.74) is 3.07. The Kier molecular flexibility index (Phi) is 2.68. The van der Waals surface area contributed by atoms with Crippen LogP contribution in [0.2, 0.25) is 0 Å². The standard InChI is InChI=1S/C9H10/c1-2-4-6-8-9-7-5-3-1/h1-4,7-8H,5-6H2. The summed E-state index contributed by atoms with van der Waals surface area (Å²) >= 11 is 0. The van der Waals surface area contributed by atoms with Gasteiger partial charge in [-0.25, -0.2) is 0 Å². The van der Waals surface area contributed by atoms with E-state index in [0.29, 0.717) is 0 Å². The summed E-state index contributed by atoms with van der Waals surface area (Å²) in [7, 11) is 0. The van der Waals surface area contributed by atoms with Gasteiger partial charge in [0.1, 0.15) is 0 Å². The molecule has 0 saturated carbocycles. The summed E-state index contributed by atoms with van der Waals surface area (Å²) in [5.74, 6) is 0. The molecule has 0 fully saturated rings. The fourth-order valence-corrected chi connectivity index (χ4v) is 0.670. The number of hydrogen-bond acceptors (Lipinski definition) is 0. The molecule has 0 bridgehead atoms. The zero-order valence-corrected chi connectivity index (χ0v) is 5.38. The molecule has 0 spiro atoms. The smallest absolute Gasteiger partial charge is 0.00899 e. The van der Waals surface area contributed by atoms with Crippen molar-refractivity contribution in [2.75, 3.05) is 0 Å². The third-order valence-corrected chi connectivity index (χ3v) is 1.13. The Balaban J connectivity index is 2.60. The average Bonchev–Trinajstić information content (AvgIpc) is 2.00. The van der Waals surface area contributed by atoms with E-state index < -0.39 is 0 Å². The van der Waals surface area contributed by atoms with Crippen LogP contribution in [-0.2, 0) is 0 Å². The van der Waals surface area contributed by atoms with E-state index in [1.807, 2.05) is 12.2 Å². The first-order valence-corrected chi connectivity index (χ1v) is 3.21. The van der Waals surface area contributed by atoms with E-state index in [2.05, 4.69) is 30.0 Å². The summed E-state index contributed by atoms with van der Waals surface area (Å²) < 4.78 is 0. The van der Waals surface area contributed by atoms with Crippen molar-refractivity contribution in [2.45, 2.75) is 12.8 Å². The Labute approximate surface area is 55.9 Å². The van der Waals surface area contributed by atoms with Crippen LogP contribution in [0.1, 0.15) is 12.8 Å². The van der Waals surface area contributed by atoms with Crippen molar-refractivity contribution in [3.05, 3.63) is 42.2 Å². The molecule has 0 heteroatoms. The molecule has 9 heavy (non-hydrogen) atoms. The largest absolute Gasteiger partial charge is 0.129 e. The van der Waals surface area contributed by atoms with Gasteiger partial charge in [-0.3, -0.25) is 0 Å². The van der Waals surface area contributed by atoms with Gasteiger partial charge in [0.2, 0.25) is 0 Å². The minimum Gasteiger partial charge on any atom is -0.129 e. The lowest BCUT2D eigenvalue weighted by Crippen LogP contribution is -1.52. The van der Waals surface area contributed by atoms with Crippen LogP contribution in [0.5, 0.6) is 0 Å². The van der Waals surface area contributed by atoms with Crippen molar-refractivity contribution in [1.29, 1.82) is 0 Å². The summed E-state index contributed by atoms with van der Waals surface area (Å²) in [5, 5.41) is 0. The van der Waals surface area contributed by atoms with E-state index in [-0.39, 0.29) is 0 Å². The van der Waals surface area contributed by atoms with E-state index in [4.69, 9.17) is 0 Å². The lowest BCUT2D eigenvalue weighted by molar-refractivity contribution is 1.39. The highest BCUT2D eigenvalue weighted by molar-refractivity contribution is 5.08. The van der Waals surface area contributed by atoms with Crippen molar-refractivity contribution < 1.29 is 0 Å². The maximum Gasteiger partial charge on any atom is -0.00899 e. The molecule has 0 saturated heterocycles. The van der Waals surface area contributed by atoms with Gasteiger partial charge in [-0.1, -0.05) is 24.3 Å². The lowest BCUT2D eigenvalue weighted by Gasteiger charge is -1.73. The minimum atomic E-state index is 1.00. The number of rotatable bonds is 0. The predicted molar refractivity (Wildman–Crippen MR) is 40.2 cm³/mol. The average molecular weight is 118 g/mol.